The van der Waals surface area contributed by atoms with E-state index in [2.05, 4.69) is 0 Å². The van der Waals surface area contributed by atoms with E-state index >= 15 is 0 Å². The van der Waals surface area contributed by atoms with Gasteiger partial charge in [-0.3, -0.25) is 4.79 Å². The maximum absolute atomic E-state index is 13.9. The molecule has 1 aliphatic heterocycles. The van der Waals surface area contributed by atoms with Crippen molar-refractivity contribution in [2.75, 3.05) is 20.8 Å². The lowest BCUT2D eigenvalue weighted by molar-refractivity contribution is 0.103. The maximum Gasteiger partial charge on any atom is 0.196 e. The fourth-order valence-electron chi connectivity index (χ4n) is 2.68. The number of methoxy groups -OCH3 is 2. The minimum absolute atomic E-state index is 0.0132. The topological polar surface area (TPSA) is 44.8 Å². The second-order valence-corrected chi connectivity index (χ2v) is 5.47. The summed E-state index contributed by atoms with van der Waals surface area (Å²) in [6, 6.07) is 6.28. The van der Waals surface area contributed by atoms with Gasteiger partial charge < -0.3 is 14.2 Å². The average molecular weight is 346 g/mol. The molecule has 0 aliphatic carbocycles. The van der Waals surface area contributed by atoms with Crippen LogP contribution in [0.25, 0.3) is 6.08 Å². The fraction of sp³-hybridized carbons (Fsp3) is 0.211. The number of halogens is 2. The first-order chi connectivity index (χ1) is 12.0. The van der Waals surface area contributed by atoms with Crippen LogP contribution in [-0.2, 0) is 0 Å². The van der Waals surface area contributed by atoms with Gasteiger partial charge in [-0.25, -0.2) is 8.78 Å². The van der Waals surface area contributed by atoms with E-state index < -0.39 is 11.6 Å². The predicted octanol–water partition coefficient (Wildman–Crippen LogP) is 4.03. The van der Waals surface area contributed by atoms with Gasteiger partial charge in [0.2, 0.25) is 0 Å². The molecule has 0 bridgehead atoms. The van der Waals surface area contributed by atoms with Crippen LogP contribution in [0.3, 0.4) is 0 Å². The van der Waals surface area contributed by atoms with E-state index in [1.165, 1.54) is 20.3 Å². The van der Waals surface area contributed by atoms with Crippen LogP contribution < -0.4 is 14.2 Å². The molecule has 0 amide bonds. The van der Waals surface area contributed by atoms with Crippen LogP contribution in [0.2, 0.25) is 0 Å². The highest BCUT2D eigenvalue weighted by atomic mass is 19.1. The molecule has 2 aromatic rings. The van der Waals surface area contributed by atoms with Gasteiger partial charge >= 0.3 is 0 Å². The summed E-state index contributed by atoms with van der Waals surface area (Å²) in [5, 5.41) is 0. The van der Waals surface area contributed by atoms with Gasteiger partial charge in [-0.15, -0.1) is 0 Å². The molecule has 1 aliphatic rings. The fourth-order valence-corrected chi connectivity index (χ4v) is 2.68. The Balaban J connectivity index is 2.10. The number of hydrogen-bond donors (Lipinski definition) is 0. The van der Waals surface area contributed by atoms with Crippen molar-refractivity contribution in [2.45, 2.75) is 6.42 Å². The van der Waals surface area contributed by atoms with Crippen LogP contribution in [0, 0.1) is 11.6 Å². The highest BCUT2D eigenvalue weighted by Crippen LogP contribution is 2.38. The molecule has 0 N–H and O–H groups in total. The van der Waals surface area contributed by atoms with Gasteiger partial charge in [0.05, 0.1) is 20.8 Å². The van der Waals surface area contributed by atoms with E-state index in [4.69, 9.17) is 14.2 Å². The molecule has 0 fully saturated rings. The van der Waals surface area contributed by atoms with Crippen molar-refractivity contribution in [3.05, 3.63) is 58.7 Å². The lowest BCUT2D eigenvalue weighted by Crippen LogP contribution is -2.05. The van der Waals surface area contributed by atoms with Gasteiger partial charge in [0, 0.05) is 29.7 Å². The lowest BCUT2D eigenvalue weighted by Gasteiger charge is -2.12. The zero-order valence-electron chi connectivity index (χ0n) is 13.8. The van der Waals surface area contributed by atoms with Crippen molar-refractivity contribution in [1.29, 1.82) is 0 Å². The van der Waals surface area contributed by atoms with Crippen molar-refractivity contribution in [2.24, 2.45) is 0 Å². The number of Topliss-reactive ketones (excluding diaryl/α,β-unsaturated/α-hetero) is 1. The molecule has 0 radical (unpaired) electrons. The zero-order valence-corrected chi connectivity index (χ0v) is 13.8. The minimum Gasteiger partial charge on any atom is -0.496 e. The summed E-state index contributed by atoms with van der Waals surface area (Å²) in [5.74, 6) is -0.402. The molecule has 0 saturated carbocycles. The average Bonchev–Trinajstić information content (AvgIpc) is 2.76. The molecule has 2 aromatic carbocycles. The highest BCUT2D eigenvalue weighted by Gasteiger charge is 2.26. The van der Waals surface area contributed by atoms with Crippen molar-refractivity contribution < 1.29 is 27.8 Å². The van der Waals surface area contributed by atoms with Crippen molar-refractivity contribution >= 4 is 11.9 Å². The molecular weight excluding hydrogens is 330 g/mol. The monoisotopic (exact) mass is 346 g/mol. The van der Waals surface area contributed by atoms with Crippen LogP contribution >= 0.6 is 0 Å². The van der Waals surface area contributed by atoms with E-state index in [1.807, 2.05) is 0 Å². The van der Waals surface area contributed by atoms with Gasteiger partial charge in [0.15, 0.2) is 5.78 Å². The first kappa shape index (κ1) is 17.0. The minimum atomic E-state index is -0.603. The molecule has 1 heterocycles. The predicted molar refractivity (Wildman–Crippen MR) is 88.3 cm³/mol. The maximum atomic E-state index is 13.9. The molecule has 6 heteroatoms. The Morgan fingerprint density at radius 2 is 1.92 bits per heavy atom. The summed E-state index contributed by atoms with van der Waals surface area (Å²) in [7, 11) is 2.93. The molecule has 0 spiro atoms. The molecule has 4 nitrogen and oxygen atoms in total. The third-order valence-corrected chi connectivity index (χ3v) is 3.93. The Morgan fingerprint density at radius 1 is 1.12 bits per heavy atom. The quantitative estimate of drug-likeness (QED) is 0.787. The van der Waals surface area contributed by atoms with Gasteiger partial charge in [-0.2, -0.15) is 0 Å². The van der Waals surface area contributed by atoms with E-state index in [0.29, 0.717) is 22.8 Å². The molecule has 25 heavy (non-hydrogen) atoms. The molecule has 130 valence electrons. The van der Waals surface area contributed by atoms with Crippen LogP contribution in [-0.4, -0.2) is 26.6 Å². The van der Waals surface area contributed by atoms with Crippen molar-refractivity contribution in [3.8, 4) is 17.2 Å². The summed E-state index contributed by atoms with van der Waals surface area (Å²) >= 11 is 0. The van der Waals surface area contributed by atoms with Gasteiger partial charge in [0.25, 0.3) is 0 Å². The third-order valence-electron chi connectivity index (χ3n) is 3.93. The number of carbonyl (C=O) groups excluding carboxylic acids is 1. The first-order valence-corrected chi connectivity index (χ1v) is 7.62. The molecular formula is C19H16F2O4. The Bertz CT molecular complexity index is 859. The van der Waals surface area contributed by atoms with Crippen LogP contribution in [0.4, 0.5) is 8.78 Å². The van der Waals surface area contributed by atoms with E-state index in [1.54, 1.807) is 12.1 Å². The van der Waals surface area contributed by atoms with Crippen molar-refractivity contribution in [3.63, 3.8) is 0 Å². The van der Waals surface area contributed by atoms with E-state index in [9.17, 15) is 13.6 Å². The number of rotatable bonds is 3. The number of ether oxygens (including phenoxy) is 3. The Labute approximate surface area is 143 Å². The van der Waals surface area contributed by atoms with Gasteiger partial charge in [-0.1, -0.05) is 0 Å². The number of carbonyl (C=O) groups is 1. The summed E-state index contributed by atoms with van der Waals surface area (Å²) in [6.07, 6.45) is 1.61. The zero-order chi connectivity index (χ0) is 18.0. The SMILES string of the molecule is COc1cc(OC)c2c(c1)OCC/C(=C\c1cc(F)ccc1F)C2=O. The molecule has 0 aromatic heterocycles. The van der Waals surface area contributed by atoms with E-state index in [-0.39, 0.29) is 29.9 Å². The van der Waals surface area contributed by atoms with Gasteiger partial charge in [0.1, 0.15) is 34.4 Å². The molecule has 0 saturated heterocycles. The Morgan fingerprint density at radius 3 is 2.64 bits per heavy atom. The summed E-state index contributed by atoms with van der Waals surface area (Å²) in [4.78, 5) is 12.9. The van der Waals surface area contributed by atoms with Gasteiger partial charge in [-0.05, 0) is 24.3 Å². The second kappa shape index (κ2) is 6.93. The summed E-state index contributed by atoms with van der Waals surface area (Å²) < 4.78 is 43.4. The number of benzene rings is 2. The summed E-state index contributed by atoms with van der Waals surface area (Å²) in [6.45, 7) is 0.220. The second-order valence-electron chi connectivity index (χ2n) is 5.47. The number of hydrogen-bond acceptors (Lipinski definition) is 4. The number of fused-ring (bicyclic) bond motifs is 1. The van der Waals surface area contributed by atoms with E-state index in [0.717, 1.165) is 18.2 Å². The van der Waals surface area contributed by atoms with Crippen LogP contribution in [0.1, 0.15) is 22.3 Å². The largest absolute Gasteiger partial charge is 0.496 e. The summed E-state index contributed by atoms with van der Waals surface area (Å²) in [5.41, 5.74) is 0.565. The Hall–Kier alpha value is -2.89. The first-order valence-electron chi connectivity index (χ1n) is 7.62. The molecule has 0 unspecified atom stereocenters. The smallest absolute Gasteiger partial charge is 0.196 e. The lowest BCUT2D eigenvalue weighted by atomic mass is 9.98. The number of ketones is 1. The van der Waals surface area contributed by atoms with Crippen LogP contribution in [0.5, 0.6) is 17.2 Å². The normalized spacial score (nSPS) is 15.4. The van der Waals surface area contributed by atoms with Crippen LogP contribution in [0.15, 0.2) is 35.9 Å². The standard InChI is InChI=1S/C19H16F2O4/c1-23-14-9-16(24-2)18-17(10-14)25-6-5-11(19(18)22)7-12-8-13(20)3-4-15(12)21/h3-4,7-10H,5-6H2,1-2H3/b11-7+. The van der Waals surface area contributed by atoms with Crippen molar-refractivity contribution in [1.82, 2.24) is 0 Å². The molecule has 3 rings (SSSR count). The molecule has 0 atom stereocenters. The Kier molecular flexibility index (Phi) is 4.70. The third kappa shape index (κ3) is 3.33. The highest BCUT2D eigenvalue weighted by molar-refractivity contribution is 6.15.